The lowest BCUT2D eigenvalue weighted by Gasteiger charge is -2.40. The molecule has 228 valence electrons. The van der Waals surface area contributed by atoms with E-state index in [1.165, 1.54) is 31.2 Å². The molecule has 6 rings (SSSR count). The van der Waals surface area contributed by atoms with E-state index >= 15 is 0 Å². The lowest BCUT2D eigenvalue weighted by molar-refractivity contribution is -0.125. The molecule has 1 spiro atoms. The maximum Gasteiger partial charge on any atom is 0.243 e. The van der Waals surface area contributed by atoms with Gasteiger partial charge in [-0.1, -0.05) is 74.9 Å². The van der Waals surface area contributed by atoms with Crippen molar-refractivity contribution in [3.05, 3.63) is 71.3 Å². The minimum absolute atomic E-state index is 0.0487. The molecule has 2 fully saturated rings. The number of anilines is 1. The van der Waals surface area contributed by atoms with Gasteiger partial charge in [0.1, 0.15) is 17.6 Å². The van der Waals surface area contributed by atoms with Gasteiger partial charge in [0.15, 0.2) is 0 Å². The maximum atomic E-state index is 14.7. The van der Waals surface area contributed by atoms with Crippen molar-refractivity contribution in [2.24, 2.45) is 11.5 Å². The summed E-state index contributed by atoms with van der Waals surface area (Å²) in [4.78, 5) is 17.1. The Labute approximate surface area is 255 Å². The number of amidine groups is 1. The zero-order valence-electron chi connectivity index (χ0n) is 25.5. The number of nitrogens with zero attached hydrogens (tertiary/aromatic N) is 1. The predicted molar refractivity (Wildman–Crippen MR) is 175 cm³/mol. The van der Waals surface area contributed by atoms with Crippen LogP contribution in [0.4, 0.5) is 5.69 Å². The molecule has 1 unspecified atom stereocenters. The molecule has 0 bridgehead atoms. The fourth-order valence-corrected chi connectivity index (χ4v) is 8.08. The van der Waals surface area contributed by atoms with Crippen LogP contribution in [0.2, 0.25) is 0 Å². The number of nitrogens with two attached hydrogens (primary N) is 2. The van der Waals surface area contributed by atoms with E-state index in [2.05, 4.69) is 52.7 Å². The Morgan fingerprint density at radius 1 is 0.977 bits per heavy atom. The average Bonchev–Trinajstić information content (AvgIpc) is 3.34. The van der Waals surface area contributed by atoms with Crippen molar-refractivity contribution < 1.29 is 9.53 Å². The number of rotatable bonds is 6. The number of nitrogen functional groups attached to an aromatic ring is 1. The quantitative estimate of drug-likeness (QED) is 0.202. The molecule has 3 aromatic rings. The largest absolute Gasteiger partial charge is 0.497 e. The van der Waals surface area contributed by atoms with Crippen LogP contribution in [0.25, 0.3) is 10.8 Å². The number of carbonyl (C=O) groups is 1. The highest BCUT2D eigenvalue weighted by atomic mass is 16.5. The van der Waals surface area contributed by atoms with Crippen LogP contribution in [0.5, 0.6) is 5.75 Å². The number of nitrogens with one attached hydrogen (secondary N) is 2. The predicted octanol–water partition coefficient (Wildman–Crippen LogP) is 6.28. The molecule has 1 amide bonds. The number of benzene rings is 3. The molecule has 3 aromatic carbocycles. The fourth-order valence-electron chi connectivity index (χ4n) is 8.08. The molecule has 2 saturated carbocycles. The third-order valence-electron chi connectivity index (χ3n) is 10.4. The lowest BCUT2D eigenvalue weighted by atomic mass is 9.69. The van der Waals surface area contributed by atoms with Crippen molar-refractivity contribution >= 4 is 28.2 Å². The average molecular weight is 582 g/mol. The van der Waals surface area contributed by atoms with E-state index < -0.39 is 0 Å². The molecular formula is C36H47N5O2. The summed E-state index contributed by atoms with van der Waals surface area (Å²) in [6, 6.07) is 18.8. The van der Waals surface area contributed by atoms with Crippen LogP contribution in [-0.4, -0.2) is 37.0 Å². The Hall–Kier alpha value is -3.58. The first-order valence-electron chi connectivity index (χ1n) is 16.3. The van der Waals surface area contributed by atoms with Crippen molar-refractivity contribution in [3.8, 4) is 5.75 Å². The first kappa shape index (κ1) is 29.5. The van der Waals surface area contributed by atoms with Gasteiger partial charge in [0.05, 0.1) is 7.11 Å². The number of hydrogen-bond donors (Lipinski definition) is 4. The van der Waals surface area contributed by atoms with Crippen molar-refractivity contribution in [1.29, 1.82) is 5.41 Å². The zero-order chi connectivity index (χ0) is 30.0. The highest BCUT2D eigenvalue weighted by Crippen LogP contribution is 2.53. The molecule has 43 heavy (non-hydrogen) atoms. The van der Waals surface area contributed by atoms with Crippen LogP contribution in [0, 0.1) is 5.41 Å². The van der Waals surface area contributed by atoms with Crippen molar-refractivity contribution in [3.63, 3.8) is 0 Å². The maximum absolute atomic E-state index is 14.7. The van der Waals surface area contributed by atoms with E-state index in [9.17, 15) is 4.79 Å². The number of amides is 1. The summed E-state index contributed by atoms with van der Waals surface area (Å²) in [5, 5.41) is 14.0. The van der Waals surface area contributed by atoms with Crippen molar-refractivity contribution in [2.75, 3.05) is 12.0 Å². The molecule has 1 heterocycles. The molecule has 1 aliphatic heterocycles. The van der Waals surface area contributed by atoms with Crippen LogP contribution < -0.4 is 26.4 Å². The van der Waals surface area contributed by atoms with Crippen LogP contribution in [-0.2, 0) is 16.8 Å². The van der Waals surface area contributed by atoms with Crippen LogP contribution in [0.3, 0.4) is 0 Å². The summed E-state index contributed by atoms with van der Waals surface area (Å²) in [6.07, 6.45) is 12.8. The minimum atomic E-state index is -0.348. The molecular weight excluding hydrogens is 534 g/mol. The van der Waals surface area contributed by atoms with Crippen molar-refractivity contribution in [1.82, 2.24) is 5.32 Å². The summed E-state index contributed by atoms with van der Waals surface area (Å²) in [5.41, 5.74) is 16.1. The normalized spacial score (nSPS) is 23.7. The standard InChI is InChI=1S/C36H47N5O2/c1-43-29-17-11-24-9-8-10-26(30(24)22-29)23-41-32-21-25(34(38)39)12-18-31(32)36(19-6-4-2-3-5-7-20-36)33(41)35(42)40-28-15-13-27(37)14-16-28/h8-12,17-18,21-22,27-28,33H,2-7,13-16,19-20,23,37H2,1H3,(H3,38,39)(H,40,42)/t27-,28-,33?. The van der Waals surface area contributed by atoms with Crippen LogP contribution in [0.1, 0.15) is 93.7 Å². The molecule has 0 saturated heterocycles. The summed E-state index contributed by atoms with van der Waals surface area (Å²) < 4.78 is 5.60. The summed E-state index contributed by atoms with van der Waals surface area (Å²) in [7, 11) is 1.70. The molecule has 0 aromatic heterocycles. The second-order valence-corrected chi connectivity index (χ2v) is 13.1. The van der Waals surface area contributed by atoms with Gasteiger partial charge in [-0.05, 0) is 78.6 Å². The molecule has 7 nitrogen and oxygen atoms in total. The van der Waals surface area contributed by atoms with E-state index in [1.54, 1.807) is 7.11 Å². The van der Waals surface area contributed by atoms with Gasteiger partial charge in [-0.25, -0.2) is 0 Å². The van der Waals surface area contributed by atoms with Crippen LogP contribution >= 0.6 is 0 Å². The zero-order valence-corrected chi connectivity index (χ0v) is 25.5. The number of hydrogen-bond acceptors (Lipinski definition) is 5. The molecule has 3 aliphatic rings. The number of fused-ring (bicyclic) bond motifs is 3. The van der Waals surface area contributed by atoms with Gasteiger partial charge in [-0.2, -0.15) is 0 Å². The number of carbonyl (C=O) groups excluding carboxylic acids is 1. The van der Waals surface area contributed by atoms with Crippen LogP contribution in [0.15, 0.2) is 54.6 Å². The van der Waals surface area contributed by atoms with E-state index in [0.29, 0.717) is 12.1 Å². The Balaban J connectivity index is 1.48. The third-order valence-corrected chi connectivity index (χ3v) is 10.4. The molecule has 1 atom stereocenters. The molecule has 0 radical (unpaired) electrons. The van der Waals surface area contributed by atoms with Gasteiger partial charge in [0.2, 0.25) is 5.91 Å². The van der Waals surface area contributed by atoms with E-state index in [-0.39, 0.29) is 35.3 Å². The fraction of sp³-hybridized carbons (Fsp3) is 0.500. The van der Waals surface area contributed by atoms with Gasteiger partial charge in [-0.15, -0.1) is 0 Å². The Kier molecular flexibility index (Phi) is 8.62. The van der Waals surface area contributed by atoms with Gasteiger partial charge in [0.25, 0.3) is 0 Å². The second kappa shape index (κ2) is 12.6. The summed E-state index contributed by atoms with van der Waals surface area (Å²) in [5.74, 6) is 0.990. The third kappa shape index (κ3) is 5.84. The minimum Gasteiger partial charge on any atom is -0.497 e. The summed E-state index contributed by atoms with van der Waals surface area (Å²) >= 11 is 0. The first-order valence-corrected chi connectivity index (χ1v) is 16.3. The Bertz CT molecular complexity index is 1470. The number of ether oxygens (including phenoxy) is 1. The van der Waals surface area contributed by atoms with E-state index in [0.717, 1.165) is 79.1 Å². The van der Waals surface area contributed by atoms with E-state index in [1.807, 2.05) is 12.1 Å². The number of methoxy groups -OCH3 is 1. The highest BCUT2D eigenvalue weighted by molar-refractivity contribution is 5.98. The molecule has 6 N–H and O–H groups in total. The first-order chi connectivity index (χ1) is 20.9. The molecule has 7 heteroatoms. The van der Waals surface area contributed by atoms with Gasteiger partial charge in [-0.3, -0.25) is 10.2 Å². The smallest absolute Gasteiger partial charge is 0.243 e. The monoisotopic (exact) mass is 581 g/mol. The van der Waals surface area contributed by atoms with Crippen molar-refractivity contribution in [2.45, 2.75) is 107 Å². The highest BCUT2D eigenvalue weighted by Gasteiger charge is 2.54. The SMILES string of the molecule is COc1ccc2cccc(CN3c4cc(C(=N)N)ccc4C4(CCCCCCCC4)C3C(=O)N[C@H]3CC[C@H](N)CC3)c2c1. The van der Waals surface area contributed by atoms with E-state index in [4.69, 9.17) is 21.6 Å². The Morgan fingerprint density at radius 2 is 1.70 bits per heavy atom. The summed E-state index contributed by atoms with van der Waals surface area (Å²) in [6.45, 7) is 0.578. The molecule has 2 aliphatic carbocycles. The Morgan fingerprint density at radius 3 is 2.40 bits per heavy atom. The van der Waals surface area contributed by atoms with Gasteiger partial charge >= 0.3 is 0 Å². The topological polar surface area (TPSA) is 117 Å². The lowest BCUT2D eigenvalue weighted by Crippen LogP contribution is -2.56. The van der Waals surface area contributed by atoms with Gasteiger partial charge in [0, 0.05) is 35.3 Å². The second-order valence-electron chi connectivity index (χ2n) is 13.1. The van der Waals surface area contributed by atoms with Gasteiger partial charge < -0.3 is 26.4 Å².